The van der Waals surface area contributed by atoms with Crippen LogP contribution in [0.2, 0.25) is 0 Å². The van der Waals surface area contributed by atoms with Crippen molar-refractivity contribution in [2.24, 2.45) is 5.92 Å². The Morgan fingerprint density at radius 3 is 2.86 bits per heavy atom. The Balaban J connectivity index is 2.16. The molecule has 1 fully saturated rings. The van der Waals surface area contributed by atoms with Gasteiger partial charge in [0, 0.05) is 12.6 Å². The van der Waals surface area contributed by atoms with Crippen LogP contribution in [0.25, 0.3) is 0 Å². The lowest BCUT2D eigenvalue weighted by Gasteiger charge is -2.32. The molecule has 2 atom stereocenters. The maximum absolute atomic E-state index is 3.48. The van der Waals surface area contributed by atoms with Gasteiger partial charge in [0.1, 0.15) is 0 Å². The van der Waals surface area contributed by atoms with Crippen LogP contribution in [0.15, 0.2) is 0 Å². The number of nitrogens with one attached hydrogen (secondary N) is 1. The first-order valence-electron chi connectivity index (χ1n) is 6.15. The summed E-state index contributed by atoms with van der Waals surface area (Å²) in [5.74, 6) is 0.883. The van der Waals surface area contributed by atoms with Crippen molar-refractivity contribution in [1.82, 2.24) is 10.2 Å². The molecule has 0 aromatic rings. The van der Waals surface area contributed by atoms with Crippen molar-refractivity contribution in [2.75, 3.05) is 26.7 Å². The average molecular weight is 198 g/mol. The van der Waals surface area contributed by atoms with E-state index in [-0.39, 0.29) is 0 Å². The molecule has 0 amide bonds. The van der Waals surface area contributed by atoms with Crippen LogP contribution in [0.4, 0.5) is 0 Å². The monoisotopic (exact) mass is 198 g/mol. The number of nitrogens with zero attached hydrogens (tertiary/aromatic N) is 1. The second-order valence-corrected chi connectivity index (χ2v) is 4.78. The second kappa shape index (κ2) is 6.41. The molecule has 1 heterocycles. The minimum Gasteiger partial charge on any atom is -0.315 e. The fraction of sp³-hybridized carbons (Fsp3) is 1.00. The average Bonchev–Trinajstić information content (AvgIpc) is 2.26. The molecule has 84 valence electrons. The molecule has 0 aliphatic carbocycles. The van der Waals surface area contributed by atoms with Crippen molar-refractivity contribution in [1.29, 1.82) is 0 Å². The molecular formula is C12H26N2. The highest BCUT2D eigenvalue weighted by Gasteiger charge is 2.17. The third kappa shape index (κ3) is 3.97. The van der Waals surface area contributed by atoms with Gasteiger partial charge >= 0.3 is 0 Å². The van der Waals surface area contributed by atoms with Gasteiger partial charge in [0.25, 0.3) is 0 Å². The lowest BCUT2D eigenvalue weighted by molar-refractivity contribution is 0.192. The Kier molecular flexibility index (Phi) is 5.49. The molecule has 14 heavy (non-hydrogen) atoms. The quantitative estimate of drug-likeness (QED) is 0.728. The van der Waals surface area contributed by atoms with Gasteiger partial charge in [-0.05, 0) is 45.3 Å². The van der Waals surface area contributed by atoms with Gasteiger partial charge in [0.15, 0.2) is 0 Å². The zero-order valence-electron chi connectivity index (χ0n) is 10.1. The fourth-order valence-corrected chi connectivity index (χ4v) is 2.02. The van der Waals surface area contributed by atoms with Crippen LogP contribution < -0.4 is 5.32 Å². The maximum atomic E-state index is 3.48. The predicted octanol–water partition coefficient (Wildman–Crippen LogP) is 2.11. The highest BCUT2D eigenvalue weighted by atomic mass is 15.2. The van der Waals surface area contributed by atoms with E-state index in [2.05, 4.69) is 31.1 Å². The highest BCUT2D eigenvalue weighted by molar-refractivity contribution is 4.76. The first-order chi connectivity index (χ1) is 6.74. The Labute approximate surface area is 89.1 Å². The summed E-state index contributed by atoms with van der Waals surface area (Å²) in [6.07, 6.45) is 5.39. The van der Waals surface area contributed by atoms with Crippen LogP contribution in [-0.2, 0) is 0 Å². The maximum Gasteiger partial charge on any atom is 0.0218 e. The number of piperidine rings is 1. The molecule has 2 heteroatoms. The smallest absolute Gasteiger partial charge is 0.0218 e. The van der Waals surface area contributed by atoms with E-state index < -0.39 is 0 Å². The summed E-state index contributed by atoms with van der Waals surface area (Å²) in [4.78, 5) is 2.54. The Hall–Kier alpha value is -0.0800. The second-order valence-electron chi connectivity index (χ2n) is 4.78. The normalized spacial score (nSPS) is 25.3. The molecule has 0 aromatic carbocycles. The summed E-state index contributed by atoms with van der Waals surface area (Å²) in [6.45, 7) is 8.31. The van der Waals surface area contributed by atoms with Crippen molar-refractivity contribution in [2.45, 2.75) is 45.6 Å². The van der Waals surface area contributed by atoms with E-state index in [1.165, 1.54) is 45.3 Å². The third-order valence-corrected chi connectivity index (χ3v) is 3.57. The Morgan fingerprint density at radius 2 is 2.29 bits per heavy atom. The molecule has 1 aliphatic heterocycles. The highest BCUT2D eigenvalue weighted by Crippen LogP contribution is 2.12. The van der Waals surface area contributed by atoms with Crippen molar-refractivity contribution in [3.8, 4) is 0 Å². The molecule has 1 saturated heterocycles. The molecular weight excluding hydrogens is 172 g/mol. The Bertz CT molecular complexity index is 141. The molecule has 0 saturated carbocycles. The van der Waals surface area contributed by atoms with Gasteiger partial charge in [-0.3, -0.25) is 0 Å². The van der Waals surface area contributed by atoms with Gasteiger partial charge < -0.3 is 10.2 Å². The zero-order chi connectivity index (χ0) is 10.4. The lowest BCUT2D eigenvalue weighted by atomic mass is 10.0. The number of hydrogen-bond donors (Lipinski definition) is 1. The van der Waals surface area contributed by atoms with E-state index in [0.717, 1.165) is 12.0 Å². The van der Waals surface area contributed by atoms with Crippen LogP contribution in [0.3, 0.4) is 0 Å². The third-order valence-electron chi connectivity index (χ3n) is 3.57. The molecule has 0 aromatic heterocycles. The lowest BCUT2D eigenvalue weighted by Crippen LogP contribution is -2.44. The molecule has 1 N–H and O–H groups in total. The van der Waals surface area contributed by atoms with Gasteiger partial charge in [-0.2, -0.15) is 0 Å². The predicted molar refractivity (Wildman–Crippen MR) is 62.6 cm³/mol. The summed E-state index contributed by atoms with van der Waals surface area (Å²) in [7, 11) is 2.28. The topological polar surface area (TPSA) is 15.3 Å². The molecule has 0 spiro atoms. The summed E-state index contributed by atoms with van der Waals surface area (Å²) < 4.78 is 0. The van der Waals surface area contributed by atoms with Gasteiger partial charge in [-0.1, -0.05) is 20.3 Å². The van der Waals surface area contributed by atoms with Crippen LogP contribution in [-0.4, -0.2) is 37.6 Å². The standard InChI is InChI=1S/C12H26N2/c1-4-11(2)7-9-14(3)12-6-5-8-13-10-12/h11-13H,4-10H2,1-3H3. The number of rotatable bonds is 5. The minimum absolute atomic E-state index is 0.785. The van der Waals surface area contributed by atoms with Crippen molar-refractivity contribution >= 4 is 0 Å². The van der Waals surface area contributed by atoms with Crippen LogP contribution in [0.5, 0.6) is 0 Å². The van der Waals surface area contributed by atoms with E-state index >= 15 is 0 Å². The molecule has 0 bridgehead atoms. The summed E-state index contributed by atoms with van der Waals surface area (Å²) in [5, 5.41) is 3.48. The van der Waals surface area contributed by atoms with E-state index in [1.54, 1.807) is 0 Å². The SMILES string of the molecule is CCC(C)CCN(C)C1CCCNC1. The number of hydrogen-bond acceptors (Lipinski definition) is 2. The molecule has 1 rings (SSSR count). The molecule has 2 unspecified atom stereocenters. The summed E-state index contributed by atoms with van der Waals surface area (Å²) in [6, 6.07) is 0.785. The van der Waals surface area contributed by atoms with Crippen molar-refractivity contribution < 1.29 is 0 Å². The van der Waals surface area contributed by atoms with E-state index in [0.29, 0.717) is 0 Å². The largest absolute Gasteiger partial charge is 0.315 e. The van der Waals surface area contributed by atoms with Gasteiger partial charge in [-0.25, -0.2) is 0 Å². The minimum atomic E-state index is 0.785. The summed E-state index contributed by atoms with van der Waals surface area (Å²) >= 11 is 0. The first kappa shape index (κ1) is 12.0. The van der Waals surface area contributed by atoms with Gasteiger partial charge in [0.2, 0.25) is 0 Å². The first-order valence-corrected chi connectivity index (χ1v) is 6.15. The molecule has 0 radical (unpaired) electrons. The number of likely N-dealkylation sites (N-methyl/N-ethyl adjacent to an activating group) is 1. The van der Waals surface area contributed by atoms with Gasteiger partial charge in [-0.15, -0.1) is 0 Å². The van der Waals surface area contributed by atoms with E-state index in [9.17, 15) is 0 Å². The fourth-order valence-electron chi connectivity index (χ4n) is 2.02. The van der Waals surface area contributed by atoms with Crippen molar-refractivity contribution in [3.05, 3.63) is 0 Å². The van der Waals surface area contributed by atoms with E-state index in [4.69, 9.17) is 0 Å². The van der Waals surface area contributed by atoms with Crippen LogP contribution in [0, 0.1) is 5.92 Å². The molecule has 1 aliphatic rings. The van der Waals surface area contributed by atoms with Crippen LogP contribution in [0.1, 0.15) is 39.5 Å². The summed E-state index contributed by atoms with van der Waals surface area (Å²) in [5.41, 5.74) is 0. The molecule has 2 nitrogen and oxygen atoms in total. The van der Waals surface area contributed by atoms with Crippen LogP contribution >= 0.6 is 0 Å². The Morgan fingerprint density at radius 1 is 1.50 bits per heavy atom. The van der Waals surface area contributed by atoms with Crippen molar-refractivity contribution in [3.63, 3.8) is 0 Å². The zero-order valence-corrected chi connectivity index (χ0v) is 10.1. The van der Waals surface area contributed by atoms with Gasteiger partial charge in [0.05, 0.1) is 0 Å². The van der Waals surface area contributed by atoms with E-state index in [1.807, 2.05) is 0 Å².